The van der Waals surface area contributed by atoms with Gasteiger partial charge in [0.1, 0.15) is 12.6 Å². The summed E-state index contributed by atoms with van der Waals surface area (Å²) < 4.78 is 9.98. The molecule has 0 fully saturated rings. The largest absolute Gasteiger partial charge is 0.468 e. The number of rotatable bonds is 7. The van der Waals surface area contributed by atoms with Crippen LogP contribution >= 0.6 is 0 Å². The van der Waals surface area contributed by atoms with E-state index in [9.17, 15) is 9.59 Å². The maximum atomic E-state index is 12.2. The maximum Gasteiger partial charge on any atom is 0.324 e. The Kier molecular flexibility index (Phi) is 5.65. The van der Waals surface area contributed by atoms with Crippen LogP contribution in [-0.4, -0.2) is 44.8 Å². The van der Waals surface area contributed by atoms with Gasteiger partial charge < -0.3 is 20.5 Å². The van der Waals surface area contributed by atoms with Crippen LogP contribution in [0.1, 0.15) is 17.0 Å². The van der Waals surface area contributed by atoms with Crippen molar-refractivity contribution in [3.8, 4) is 11.1 Å². The Bertz CT molecular complexity index is 760. The lowest BCUT2D eigenvalue weighted by molar-refractivity contribution is -0.146. The molecule has 1 unspecified atom stereocenters. The van der Waals surface area contributed by atoms with Crippen molar-refractivity contribution in [1.82, 2.24) is 5.32 Å². The van der Waals surface area contributed by atoms with E-state index in [1.165, 1.54) is 18.2 Å². The quantitative estimate of drug-likeness (QED) is 0.731. The molecular formula is C20H22N2O4. The van der Waals surface area contributed by atoms with Gasteiger partial charge in [-0.05, 0) is 22.3 Å². The summed E-state index contributed by atoms with van der Waals surface area (Å²) >= 11 is 0. The molecule has 6 heteroatoms. The average Bonchev–Trinajstić information content (AvgIpc) is 2.99. The minimum atomic E-state index is -0.841. The molecule has 0 radical (unpaired) electrons. The van der Waals surface area contributed by atoms with Crippen LogP contribution in [0, 0.1) is 0 Å². The van der Waals surface area contributed by atoms with Gasteiger partial charge >= 0.3 is 11.9 Å². The Morgan fingerprint density at radius 3 is 2.23 bits per heavy atom. The summed E-state index contributed by atoms with van der Waals surface area (Å²) in [5.74, 6) is -0.907. The highest BCUT2D eigenvalue weighted by molar-refractivity contribution is 5.80. The third-order valence-corrected chi connectivity index (χ3v) is 4.52. The van der Waals surface area contributed by atoms with Crippen LogP contribution < -0.4 is 11.1 Å². The van der Waals surface area contributed by atoms with E-state index in [2.05, 4.69) is 34.3 Å². The summed E-state index contributed by atoms with van der Waals surface area (Å²) in [6.45, 7) is 0.379. The van der Waals surface area contributed by atoms with Gasteiger partial charge in [-0.1, -0.05) is 48.5 Å². The van der Waals surface area contributed by atoms with Gasteiger partial charge in [-0.25, -0.2) is 0 Å². The zero-order valence-corrected chi connectivity index (χ0v) is 14.6. The van der Waals surface area contributed by atoms with Crippen molar-refractivity contribution >= 4 is 11.9 Å². The van der Waals surface area contributed by atoms with E-state index < -0.39 is 18.0 Å². The van der Waals surface area contributed by atoms with Gasteiger partial charge in [0.15, 0.2) is 0 Å². The van der Waals surface area contributed by atoms with Crippen LogP contribution in [0.5, 0.6) is 0 Å². The number of carbonyl (C=O) groups is 2. The van der Waals surface area contributed by atoms with E-state index in [0.717, 1.165) is 11.1 Å². The molecule has 0 amide bonds. The topological polar surface area (TPSA) is 90.6 Å². The molecule has 2 aromatic rings. The molecule has 0 spiro atoms. The molecule has 136 valence electrons. The van der Waals surface area contributed by atoms with E-state index in [1.807, 2.05) is 24.3 Å². The molecule has 1 aliphatic carbocycles. The van der Waals surface area contributed by atoms with Gasteiger partial charge in [0.25, 0.3) is 0 Å². The van der Waals surface area contributed by atoms with Crippen LogP contribution in [0.3, 0.4) is 0 Å². The van der Waals surface area contributed by atoms with Crippen molar-refractivity contribution in [1.29, 1.82) is 0 Å². The zero-order valence-electron chi connectivity index (χ0n) is 14.6. The third kappa shape index (κ3) is 3.76. The van der Waals surface area contributed by atoms with Gasteiger partial charge in [0.05, 0.1) is 13.7 Å². The first-order valence-electron chi connectivity index (χ1n) is 8.49. The number of esters is 2. The number of methoxy groups -OCH3 is 1. The molecule has 1 aliphatic rings. The monoisotopic (exact) mass is 354 g/mol. The highest BCUT2D eigenvalue weighted by Gasteiger charge is 2.29. The first-order valence-corrected chi connectivity index (χ1v) is 8.49. The Hall–Kier alpha value is -2.70. The van der Waals surface area contributed by atoms with Gasteiger partial charge in [-0.2, -0.15) is 0 Å². The Morgan fingerprint density at radius 1 is 1.08 bits per heavy atom. The smallest absolute Gasteiger partial charge is 0.324 e. The molecule has 0 saturated heterocycles. The number of nitrogens with one attached hydrogen (secondary N) is 1. The fourth-order valence-electron chi connectivity index (χ4n) is 3.20. The highest BCUT2D eigenvalue weighted by atomic mass is 16.5. The molecule has 3 N–H and O–H groups in total. The predicted octanol–water partition coefficient (Wildman–Crippen LogP) is 1.43. The zero-order chi connectivity index (χ0) is 18.5. The fraction of sp³-hybridized carbons (Fsp3) is 0.300. The highest BCUT2D eigenvalue weighted by Crippen LogP contribution is 2.44. The second-order valence-corrected chi connectivity index (χ2v) is 6.17. The lowest BCUT2D eigenvalue weighted by atomic mass is 9.98. The predicted molar refractivity (Wildman–Crippen MR) is 97.5 cm³/mol. The Labute approximate surface area is 152 Å². The molecule has 2 aromatic carbocycles. The van der Waals surface area contributed by atoms with Crippen LogP contribution in [0.2, 0.25) is 0 Å². The molecule has 26 heavy (non-hydrogen) atoms. The second kappa shape index (κ2) is 8.12. The number of benzene rings is 2. The minimum absolute atomic E-state index is 0.000849. The summed E-state index contributed by atoms with van der Waals surface area (Å²) in [6.07, 6.45) is 0. The lowest BCUT2D eigenvalue weighted by Crippen LogP contribution is -2.43. The first-order chi connectivity index (χ1) is 12.6. The molecular weight excluding hydrogens is 332 g/mol. The van der Waals surface area contributed by atoms with Crippen molar-refractivity contribution < 1.29 is 19.1 Å². The standard InChI is InChI=1S/C20H22N2O4/c1-25-19(23)11-22-10-18(21)20(24)26-12-17-15-8-4-2-6-13(15)14-7-3-5-9-16(14)17/h2-9,17-18,22H,10-12,21H2,1H3. The number of ether oxygens (including phenoxy) is 2. The summed E-state index contributed by atoms with van der Waals surface area (Å²) in [7, 11) is 1.30. The molecule has 1 atom stereocenters. The lowest BCUT2D eigenvalue weighted by Gasteiger charge is -2.16. The van der Waals surface area contributed by atoms with E-state index in [0.29, 0.717) is 0 Å². The fourth-order valence-corrected chi connectivity index (χ4v) is 3.20. The van der Waals surface area contributed by atoms with Crippen LogP contribution in [0.15, 0.2) is 48.5 Å². The molecule has 3 rings (SSSR count). The summed E-state index contributed by atoms with van der Waals surface area (Å²) in [6, 6.07) is 15.4. The van der Waals surface area contributed by atoms with E-state index in [1.54, 1.807) is 0 Å². The van der Waals surface area contributed by atoms with E-state index >= 15 is 0 Å². The van der Waals surface area contributed by atoms with Gasteiger partial charge in [-0.15, -0.1) is 0 Å². The number of hydrogen-bond donors (Lipinski definition) is 2. The number of hydrogen-bond acceptors (Lipinski definition) is 6. The second-order valence-electron chi connectivity index (χ2n) is 6.17. The number of carbonyl (C=O) groups excluding carboxylic acids is 2. The van der Waals surface area contributed by atoms with Gasteiger partial charge in [0.2, 0.25) is 0 Å². The van der Waals surface area contributed by atoms with E-state index in [-0.39, 0.29) is 25.6 Å². The summed E-state index contributed by atoms with van der Waals surface area (Å²) in [5, 5.41) is 2.78. The molecule has 6 nitrogen and oxygen atoms in total. The van der Waals surface area contributed by atoms with Gasteiger partial charge in [0, 0.05) is 12.5 Å². The van der Waals surface area contributed by atoms with Crippen LogP contribution in [0.25, 0.3) is 11.1 Å². The molecule has 0 bridgehead atoms. The molecule has 0 heterocycles. The molecule has 0 aliphatic heterocycles. The first kappa shape index (κ1) is 18.1. The molecule has 0 aromatic heterocycles. The van der Waals surface area contributed by atoms with Crippen LogP contribution in [-0.2, 0) is 19.1 Å². The minimum Gasteiger partial charge on any atom is -0.468 e. The Balaban J connectivity index is 1.61. The normalized spacial score (nSPS) is 13.6. The van der Waals surface area contributed by atoms with E-state index in [4.69, 9.17) is 10.5 Å². The van der Waals surface area contributed by atoms with Crippen LogP contribution in [0.4, 0.5) is 0 Å². The third-order valence-electron chi connectivity index (χ3n) is 4.52. The number of nitrogens with two attached hydrogens (primary N) is 1. The summed E-state index contributed by atoms with van der Waals surface area (Å²) in [5.41, 5.74) is 10.5. The molecule has 0 saturated carbocycles. The van der Waals surface area contributed by atoms with Gasteiger partial charge in [-0.3, -0.25) is 9.59 Å². The SMILES string of the molecule is COC(=O)CNCC(N)C(=O)OCC1c2ccccc2-c2ccccc21. The number of fused-ring (bicyclic) bond motifs is 3. The summed E-state index contributed by atoms with van der Waals surface area (Å²) in [4.78, 5) is 23.2. The van der Waals surface area contributed by atoms with Crippen molar-refractivity contribution in [2.45, 2.75) is 12.0 Å². The average molecular weight is 354 g/mol. The maximum absolute atomic E-state index is 12.2. The Morgan fingerprint density at radius 2 is 1.65 bits per heavy atom. The van der Waals surface area contributed by atoms with Crippen molar-refractivity contribution in [3.63, 3.8) is 0 Å². The van der Waals surface area contributed by atoms with Crippen molar-refractivity contribution in [2.24, 2.45) is 5.73 Å². The van der Waals surface area contributed by atoms with Crippen molar-refractivity contribution in [2.75, 3.05) is 26.8 Å². The van der Waals surface area contributed by atoms with Crippen molar-refractivity contribution in [3.05, 3.63) is 59.7 Å².